The van der Waals surface area contributed by atoms with Gasteiger partial charge in [0, 0.05) is 25.3 Å². The van der Waals surface area contributed by atoms with Gasteiger partial charge in [-0.15, -0.1) is 0 Å². The summed E-state index contributed by atoms with van der Waals surface area (Å²) in [5.41, 5.74) is 1.55. The summed E-state index contributed by atoms with van der Waals surface area (Å²) in [5, 5.41) is 12.5. The van der Waals surface area contributed by atoms with Gasteiger partial charge in [-0.25, -0.2) is 4.79 Å². The third-order valence-electron chi connectivity index (χ3n) is 4.00. The molecule has 1 saturated heterocycles. The molecule has 2 N–H and O–H groups in total. The van der Waals surface area contributed by atoms with E-state index in [0.29, 0.717) is 5.92 Å². The third kappa shape index (κ3) is 5.75. The van der Waals surface area contributed by atoms with Crippen molar-refractivity contribution in [1.29, 1.82) is 0 Å². The van der Waals surface area contributed by atoms with Crippen molar-refractivity contribution in [3.05, 3.63) is 29.8 Å². The fraction of sp³-hybridized carbons (Fsp3) is 0.611. The van der Waals surface area contributed by atoms with Gasteiger partial charge in [-0.05, 0) is 57.2 Å². The standard InChI is InChI=1S/C18H28N2O3/c1-18(2,3)23-17(22)20-10-8-14(9-11-20)12-19-16-6-4-15(13-21)5-7-16/h4-7,14,19,21H,8-13H2,1-3H3. The molecule has 0 radical (unpaired) electrons. The van der Waals surface area contributed by atoms with E-state index in [0.717, 1.165) is 43.7 Å². The van der Waals surface area contributed by atoms with E-state index >= 15 is 0 Å². The second kappa shape index (κ2) is 7.68. The van der Waals surface area contributed by atoms with Crippen LogP contribution in [0.3, 0.4) is 0 Å². The SMILES string of the molecule is CC(C)(C)OC(=O)N1CCC(CNc2ccc(CO)cc2)CC1. The van der Waals surface area contributed by atoms with Gasteiger partial charge in [-0.3, -0.25) is 0 Å². The van der Waals surface area contributed by atoms with Gasteiger partial charge in [0.15, 0.2) is 0 Å². The molecule has 0 atom stereocenters. The molecule has 0 unspecified atom stereocenters. The minimum Gasteiger partial charge on any atom is -0.444 e. The molecule has 1 aromatic rings. The summed E-state index contributed by atoms with van der Waals surface area (Å²) in [6.07, 6.45) is 1.77. The van der Waals surface area contributed by atoms with Crippen LogP contribution in [0.1, 0.15) is 39.2 Å². The zero-order valence-corrected chi connectivity index (χ0v) is 14.3. The highest BCUT2D eigenvalue weighted by molar-refractivity contribution is 5.68. The van der Waals surface area contributed by atoms with Crippen molar-refractivity contribution >= 4 is 11.8 Å². The van der Waals surface area contributed by atoms with E-state index in [-0.39, 0.29) is 12.7 Å². The number of rotatable bonds is 4. The Hall–Kier alpha value is -1.75. The summed E-state index contributed by atoms with van der Waals surface area (Å²) in [4.78, 5) is 13.8. The zero-order valence-electron chi connectivity index (χ0n) is 14.3. The maximum atomic E-state index is 12.0. The summed E-state index contributed by atoms with van der Waals surface area (Å²) in [7, 11) is 0. The number of amides is 1. The molecule has 5 nitrogen and oxygen atoms in total. The van der Waals surface area contributed by atoms with Crippen LogP contribution in [-0.2, 0) is 11.3 Å². The molecule has 5 heteroatoms. The van der Waals surface area contributed by atoms with Gasteiger partial charge >= 0.3 is 6.09 Å². The van der Waals surface area contributed by atoms with Crippen molar-refractivity contribution < 1.29 is 14.6 Å². The molecule has 2 rings (SSSR count). The van der Waals surface area contributed by atoms with Crippen molar-refractivity contribution in [2.75, 3.05) is 25.0 Å². The van der Waals surface area contributed by atoms with Gasteiger partial charge in [0.1, 0.15) is 5.60 Å². The minimum absolute atomic E-state index is 0.0728. The Morgan fingerprint density at radius 2 is 1.87 bits per heavy atom. The molecule has 0 aromatic heterocycles. The van der Waals surface area contributed by atoms with Crippen LogP contribution in [0, 0.1) is 5.92 Å². The predicted octanol–water partition coefficient (Wildman–Crippen LogP) is 3.24. The van der Waals surface area contributed by atoms with Crippen molar-refractivity contribution in [2.45, 2.75) is 45.8 Å². The van der Waals surface area contributed by atoms with Crippen LogP contribution in [0.4, 0.5) is 10.5 Å². The monoisotopic (exact) mass is 320 g/mol. The fourth-order valence-electron chi connectivity index (χ4n) is 2.64. The van der Waals surface area contributed by atoms with Crippen molar-refractivity contribution in [1.82, 2.24) is 4.90 Å². The first-order chi connectivity index (χ1) is 10.9. The van der Waals surface area contributed by atoms with Crippen LogP contribution < -0.4 is 5.32 Å². The van der Waals surface area contributed by atoms with Crippen molar-refractivity contribution in [2.24, 2.45) is 5.92 Å². The number of nitrogens with zero attached hydrogens (tertiary/aromatic N) is 1. The Bertz CT molecular complexity index is 500. The third-order valence-corrected chi connectivity index (χ3v) is 4.00. The lowest BCUT2D eigenvalue weighted by Crippen LogP contribution is -2.42. The summed E-state index contributed by atoms with van der Waals surface area (Å²) in [6, 6.07) is 7.82. The largest absolute Gasteiger partial charge is 0.444 e. The number of carbonyl (C=O) groups excluding carboxylic acids is 1. The molecule has 1 aliphatic rings. The molecule has 23 heavy (non-hydrogen) atoms. The Labute approximate surface area is 138 Å². The lowest BCUT2D eigenvalue weighted by molar-refractivity contribution is 0.0188. The number of aliphatic hydroxyl groups excluding tert-OH is 1. The molecular formula is C18H28N2O3. The number of benzene rings is 1. The molecule has 0 saturated carbocycles. The molecule has 0 bridgehead atoms. The lowest BCUT2D eigenvalue weighted by Gasteiger charge is -2.33. The number of aliphatic hydroxyl groups is 1. The van der Waals surface area contributed by atoms with Gasteiger partial charge in [0.25, 0.3) is 0 Å². The normalized spacial score (nSPS) is 16.3. The van der Waals surface area contributed by atoms with Crippen LogP contribution in [0.25, 0.3) is 0 Å². The Kier molecular flexibility index (Phi) is 5.88. The molecule has 1 heterocycles. The van der Waals surface area contributed by atoms with Gasteiger partial charge in [0.05, 0.1) is 6.61 Å². The number of anilines is 1. The number of carbonyl (C=O) groups is 1. The second-order valence-corrected chi connectivity index (χ2v) is 7.15. The number of nitrogens with one attached hydrogen (secondary N) is 1. The summed E-state index contributed by atoms with van der Waals surface area (Å²) >= 11 is 0. The number of likely N-dealkylation sites (tertiary alicyclic amines) is 1. The Morgan fingerprint density at radius 1 is 1.26 bits per heavy atom. The van der Waals surface area contributed by atoms with Crippen LogP contribution in [-0.4, -0.2) is 41.3 Å². The Morgan fingerprint density at radius 3 is 2.39 bits per heavy atom. The predicted molar refractivity (Wildman–Crippen MR) is 91.4 cm³/mol. The van der Waals surface area contributed by atoms with E-state index < -0.39 is 5.60 Å². The topological polar surface area (TPSA) is 61.8 Å². The van der Waals surface area contributed by atoms with Gasteiger partial charge in [-0.2, -0.15) is 0 Å². The van der Waals surface area contributed by atoms with E-state index in [4.69, 9.17) is 9.84 Å². The van der Waals surface area contributed by atoms with E-state index in [1.54, 1.807) is 4.90 Å². The minimum atomic E-state index is -0.434. The molecule has 0 aliphatic carbocycles. The molecule has 1 fully saturated rings. The number of ether oxygens (including phenoxy) is 1. The number of hydrogen-bond acceptors (Lipinski definition) is 4. The molecule has 1 aromatic carbocycles. The molecule has 128 valence electrons. The highest BCUT2D eigenvalue weighted by Crippen LogP contribution is 2.20. The Balaban J connectivity index is 1.73. The van der Waals surface area contributed by atoms with E-state index in [9.17, 15) is 4.79 Å². The van der Waals surface area contributed by atoms with Crippen molar-refractivity contribution in [3.63, 3.8) is 0 Å². The van der Waals surface area contributed by atoms with Crippen LogP contribution in [0.5, 0.6) is 0 Å². The highest BCUT2D eigenvalue weighted by Gasteiger charge is 2.26. The highest BCUT2D eigenvalue weighted by atomic mass is 16.6. The summed E-state index contributed by atoms with van der Waals surface area (Å²) in [5.74, 6) is 0.561. The lowest BCUT2D eigenvalue weighted by atomic mass is 9.97. The van der Waals surface area contributed by atoms with E-state index in [2.05, 4.69) is 5.32 Å². The number of piperidine rings is 1. The van der Waals surface area contributed by atoms with Crippen LogP contribution in [0.2, 0.25) is 0 Å². The molecule has 1 aliphatic heterocycles. The van der Waals surface area contributed by atoms with E-state index in [1.807, 2.05) is 45.0 Å². The van der Waals surface area contributed by atoms with Gasteiger partial charge in [-0.1, -0.05) is 12.1 Å². The maximum absolute atomic E-state index is 12.0. The average Bonchev–Trinajstić information content (AvgIpc) is 2.52. The fourth-order valence-corrected chi connectivity index (χ4v) is 2.64. The van der Waals surface area contributed by atoms with Gasteiger partial charge < -0.3 is 20.1 Å². The summed E-state index contributed by atoms with van der Waals surface area (Å²) in [6.45, 7) is 8.16. The molecular weight excluding hydrogens is 292 g/mol. The zero-order chi connectivity index (χ0) is 16.9. The average molecular weight is 320 g/mol. The first kappa shape index (κ1) is 17.6. The summed E-state index contributed by atoms with van der Waals surface area (Å²) < 4.78 is 5.41. The van der Waals surface area contributed by atoms with E-state index in [1.165, 1.54) is 0 Å². The molecule has 1 amide bonds. The van der Waals surface area contributed by atoms with Crippen LogP contribution in [0.15, 0.2) is 24.3 Å². The first-order valence-electron chi connectivity index (χ1n) is 8.29. The quantitative estimate of drug-likeness (QED) is 0.894. The number of hydrogen-bond donors (Lipinski definition) is 2. The van der Waals surface area contributed by atoms with Crippen LogP contribution >= 0.6 is 0 Å². The first-order valence-corrected chi connectivity index (χ1v) is 8.29. The maximum Gasteiger partial charge on any atom is 0.410 e. The van der Waals surface area contributed by atoms with Crippen molar-refractivity contribution in [3.8, 4) is 0 Å². The molecule has 0 spiro atoms. The smallest absolute Gasteiger partial charge is 0.410 e. The van der Waals surface area contributed by atoms with Gasteiger partial charge in [0.2, 0.25) is 0 Å². The second-order valence-electron chi connectivity index (χ2n) is 7.15.